The summed E-state index contributed by atoms with van der Waals surface area (Å²) in [6, 6.07) is -0.582. The normalized spacial score (nSPS) is 10.6. The Morgan fingerprint density at radius 1 is 1.47 bits per heavy atom. The summed E-state index contributed by atoms with van der Waals surface area (Å²) in [7, 11) is 0. The van der Waals surface area contributed by atoms with Gasteiger partial charge in [0.1, 0.15) is 11.6 Å². The maximum absolute atomic E-state index is 11.1. The van der Waals surface area contributed by atoms with Crippen molar-refractivity contribution >= 4 is 12.4 Å². The zero-order valence-corrected chi connectivity index (χ0v) is 11.3. The van der Waals surface area contributed by atoms with E-state index in [9.17, 15) is 9.59 Å². The number of nitrogens with two attached hydrogens (primary N) is 1. The minimum absolute atomic E-state index is 0.422. The molecule has 0 aromatic rings. The van der Waals surface area contributed by atoms with Crippen molar-refractivity contribution in [2.45, 2.75) is 46.3 Å². The molecule has 0 saturated carbocycles. The Balaban J connectivity index is -0.000000337. The van der Waals surface area contributed by atoms with Crippen molar-refractivity contribution in [2.24, 2.45) is 5.73 Å². The van der Waals surface area contributed by atoms with Crippen LogP contribution in [0.25, 0.3) is 0 Å². The van der Waals surface area contributed by atoms with Crippen molar-refractivity contribution in [3.8, 4) is 12.8 Å². The number of hydrogen-bond donors (Lipinski definition) is 2. The van der Waals surface area contributed by atoms with E-state index < -0.39 is 17.6 Å². The number of amides is 1. The van der Waals surface area contributed by atoms with Crippen LogP contribution in [0.4, 0.5) is 0 Å². The van der Waals surface area contributed by atoms with Crippen LogP contribution in [0.5, 0.6) is 0 Å². The van der Waals surface area contributed by atoms with Crippen molar-refractivity contribution in [3.63, 3.8) is 0 Å². The lowest BCUT2D eigenvalue weighted by molar-refractivity contribution is -0.157. The number of terminal acetylenes is 1. The Kier molecular flexibility index (Phi) is 15.3. The Hall–Kier alpha value is -1.54. The van der Waals surface area contributed by atoms with Crippen LogP contribution in [0.2, 0.25) is 0 Å². The van der Waals surface area contributed by atoms with E-state index in [1.165, 1.54) is 0 Å². The van der Waals surface area contributed by atoms with E-state index in [0.29, 0.717) is 6.41 Å². The van der Waals surface area contributed by atoms with Gasteiger partial charge in [0.05, 0.1) is 0 Å². The second-order valence-corrected chi connectivity index (χ2v) is 3.95. The molecule has 0 aliphatic heterocycles. The molecule has 0 aromatic heterocycles. The number of carbonyl (C=O) groups excluding carboxylic acids is 2. The third-order valence-electron chi connectivity index (χ3n) is 1.08. The summed E-state index contributed by atoms with van der Waals surface area (Å²) in [6.45, 7) is 9.55. The van der Waals surface area contributed by atoms with Crippen molar-refractivity contribution < 1.29 is 14.3 Å². The summed E-state index contributed by atoms with van der Waals surface area (Å²) in [6.07, 6.45) is 8.48. The van der Waals surface area contributed by atoms with Gasteiger partial charge in [-0.1, -0.05) is 6.92 Å². The minimum Gasteiger partial charge on any atom is -0.458 e. The molecular weight excluding hydrogens is 220 g/mol. The van der Waals surface area contributed by atoms with Gasteiger partial charge in [-0.15, -0.1) is 12.8 Å². The molecule has 17 heavy (non-hydrogen) atoms. The molecule has 1 amide bonds. The summed E-state index contributed by atoms with van der Waals surface area (Å²) in [4.78, 5) is 21.1. The third kappa shape index (κ3) is 20.5. The van der Waals surface area contributed by atoms with Crippen molar-refractivity contribution in [2.75, 3.05) is 6.54 Å². The molecule has 0 fully saturated rings. The van der Waals surface area contributed by atoms with Gasteiger partial charge in [0.15, 0.2) is 0 Å². The SMILES string of the molecule is C#C.CC(NC=O)C(=O)OC(C)(C)C.CCN. The fourth-order valence-electron chi connectivity index (χ4n) is 0.560. The molecule has 0 radical (unpaired) electrons. The molecule has 1 atom stereocenters. The van der Waals surface area contributed by atoms with Gasteiger partial charge in [-0.05, 0) is 34.2 Å². The van der Waals surface area contributed by atoms with Crippen LogP contribution in [0, 0.1) is 12.8 Å². The van der Waals surface area contributed by atoms with E-state index in [2.05, 4.69) is 18.2 Å². The second kappa shape index (κ2) is 12.5. The molecule has 5 heteroatoms. The Morgan fingerprint density at radius 3 is 2.06 bits per heavy atom. The minimum atomic E-state index is -0.582. The van der Waals surface area contributed by atoms with E-state index >= 15 is 0 Å². The van der Waals surface area contributed by atoms with Gasteiger partial charge in [-0.3, -0.25) is 4.79 Å². The zero-order chi connectivity index (χ0) is 14.5. The zero-order valence-electron chi connectivity index (χ0n) is 11.3. The molecule has 0 aromatic carbocycles. The number of hydrogen-bond acceptors (Lipinski definition) is 4. The smallest absolute Gasteiger partial charge is 0.328 e. The molecular formula is C12H24N2O3. The van der Waals surface area contributed by atoms with Crippen LogP contribution in [-0.2, 0) is 14.3 Å². The van der Waals surface area contributed by atoms with Gasteiger partial charge in [0, 0.05) is 0 Å². The molecule has 0 aliphatic carbocycles. The maximum Gasteiger partial charge on any atom is 0.328 e. The van der Waals surface area contributed by atoms with Crippen molar-refractivity contribution in [1.29, 1.82) is 0 Å². The van der Waals surface area contributed by atoms with E-state index in [-0.39, 0.29) is 0 Å². The average Bonchev–Trinajstić information content (AvgIpc) is 2.20. The van der Waals surface area contributed by atoms with Gasteiger partial charge < -0.3 is 15.8 Å². The van der Waals surface area contributed by atoms with E-state index in [1.54, 1.807) is 27.7 Å². The van der Waals surface area contributed by atoms with E-state index in [1.807, 2.05) is 6.92 Å². The summed E-state index contributed by atoms with van der Waals surface area (Å²) >= 11 is 0. The van der Waals surface area contributed by atoms with E-state index in [4.69, 9.17) is 10.5 Å². The van der Waals surface area contributed by atoms with Crippen molar-refractivity contribution in [3.05, 3.63) is 0 Å². The number of nitrogens with one attached hydrogen (secondary N) is 1. The number of rotatable bonds is 3. The standard InChI is InChI=1S/C8H15NO3.C2H7N.C2H2/c1-6(9-5-10)7(11)12-8(2,3)4;1-2-3;1-2/h5-6H,1-4H3,(H,9,10);2-3H2,1H3;1-2H. The molecule has 0 saturated heterocycles. The first-order valence-electron chi connectivity index (χ1n) is 5.24. The Bertz CT molecular complexity index is 220. The monoisotopic (exact) mass is 244 g/mol. The first-order valence-corrected chi connectivity index (χ1v) is 5.24. The summed E-state index contributed by atoms with van der Waals surface area (Å²) in [5, 5.41) is 2.31. The lowest BCUT2D eigenvalue weighted by atomic mass is 10.2. The summed E-state index contributed by atoms with van der Waals surface area (Å²) in [5.41, 5.74) is 4.34. The maximum atomic E-state index is 11.1. The predicted octanol–water partition coefficient (Wildman–Crippen LogP) is 0.677. The lowest BCUT2D eigenvalue weighted by Crippen LogP contribution is -2.38. The molecule has 0 spiro atoms. The quantitative estimate of drug-likeness (QED) is 0.434. The van der Waals surface area contributed by atoms with Gasteiger partial charge >= 0.3 is 5.97 Å². The van der Waals surface area contributed by atoms with Crippen LogP contribution in [0.3, 0.4) is 0 Å². The Morgan fingerprint density at radius 2 is 1.82 bits per heavy atom. The van der Waals surface area contributed by atoms with Gasteiger partial charge in [-0.2, -0.15) is 0 Å². The van der Waals surface area contributed by atoms with Crippen LogP contribution < -0.4 is 11.1 Å². The number of carbonyl (C=O) groups is 2. The first kappa shape index (κ1) is 20.8. The molecule has 0 aliphatic rings. The van der Waals surface area contributed by atoms with Crippen LogP contribution in [0.15, 0.2) is 0 Å². The highest BCUT2D eigenvalue weighted by Crippen LogP contribution is 2.07. The second-order valence-electron chi connectivity index (χ2n) is 3.95. The van der Waals surface area contributed by atoms with Crippen LogP contribution in [-0.4, -0.2) is 30.6 Å². The van der Waals surface area contributed by atoms with Crippen molar-refractivity contribution in [1.82, 2.24) is 5.32 Å². The highest BCUT2D eigenvalue weighted by Gasteiger charge is 2.20. The topological polar surface area (TPSA) is 81.4 Å². The van der Waals surface area contributed by atoms with Crippen LogP contribution >= 0.6 is 0 Å². The average molecular weight is 244 g/mol. The van der Waals surface area contributed by atoms with Crippen LogP contribution in [0.1, 0.15) is 34.6 Å². The molecule has 0 bridgehead atoms. The molecule has 5 nitrogen and oxygen atoms in total. The van der Waals surface area contributed by atoms with Gasteiger partial charge in [-0.25, -0.2) is 4.79 Å². The molecule has 100 valence electrons. The molecule has 0 rings (SSSR count). The Labute approximate surface area is 104 Å². The highest BCUT2D eigenvalue weighted by atomic mass is 16.6. The third-order valence-corrected chi connectivity index (χ3v) is 1.08. The fourth-order valence-corrected chi connectivity index (χ4v) is 0.560. The fraction of sp³-hybridized carbons (Fsp3) is 0.667. The van der Waals surface area contributed by atoms with Gasteiger partial charge in [0.2, 0.25) is 6.41 Å². The molecule has 0 heterocycles. The summed E-state index contributed by atoms with van der Waals surface area (Å²) < 4.78 is 4.99. The van der Waals surface area contributed by atoms with E-state index in [0.717, 1.165) is 6.54 Å². The van der Waals surface area contributed by atoms with Gasteiger partial charge in [0.25, 0.3) is 0 Å². The molecule has 1 unspecified atom stereocenters. The molecule has 3 N–H and O–H groups in total. The first-order chi connectivity index (χ1) is 7.78. The summed E-state index contributed by atoms with van der Waals surface area (Å²) in [5.74, 6) is -0.422. The highest BCUT2D eigenvalue weighted by molar-refractivity contribution is 5.77. The largest absolute Gasteiger partial charge is 0.458 e. The predicted molar refractivity (Wildman–Crippen MR) is 69.1 cm³/mol. The lowest BCUT2D eigenvalue weighted by Gasteiger charge is -2.21. The number of esters is 1. The number of ether oxygens (including phenoxy) is 1.